The summed E-state index contributed by atoms with van der Waals surface area (Å²) in [4.78, 5) is 18.2. The van der Waals surface area contributed by atoms with Crippen molar-refractivity contribution < 1.29 is 9.53 Å². The van der Waals surface area contributed by atoms with E-state index >= 15 is 0 Å². The van der Waals surface area contributed by atoms with Crippen LogP contribution in [0, 0.1) is 0 Å². The van der Waals surface area contributed by atoms with Crippen molar-refractivity contribution in [2.75, 3.05) is 12.6 Å². The Hall–Kier alpha value is -1.16. The highest BCUT2D eigenvalue weighted by molar-refractivity contribution is 6.18. The summed E-state index contributed by atoms with van der Waals surface area (Å²) in [6.45, 7) is 5.25. The van der Waals surface area contributed by atoms with E-state index in [1.165, 1.54) is 12.4 Å². The van der Waals surface area contributed by atoms with Gasteiger partial charge in [-0.1, -0.05) is 0 Å². The van der Waals surface area contributed by atoms with E-state index in [-0.39, 0.29) is 11.6 Å². The predicted molar refractivity (Wildman–Crippen MR) is 53.5 cm³/mol. The van der Waals surface area contributed by atoms with Crippen LogP contribution in [0.3, 0.4) is 0 Å². The smallest absolute Gasteiger partial charge is 0.341 e. The van der Waals surface area contributed by atoms with Gasteiger partial charge in [-0.05, 0) is 13.6 Å². The quantitative estimate of drug-likeness (QED) is 0.223. The molecule has 0 rings (SSSR count). The van der Waals surface area contributed by atoms with Crippen LogP contribution in [0.2, 0.25) is 0 Å². The summed E-state index contributed by atoms with van der Waals surface area (Å²) < 4.78 is 4.72. The van der Waals surface area contributed by atoms with Crippen LogP contribution in [0.25, 0.3) is 0 Å². The molecule has 5 heteroatoms. The van der Waals surface area contributed by atoms with Crippen molar-refractivity contribution in [2.45, 2.75) is 6.92 Å². The maximum Gasteiger partial charge on any atom is 0.341 e. The fraction of sp³-hybridized carbons (Fsp3) is 0.375. The maximum atomic E-state index is 11.1. The minimum atomic E-state index is -0.483. The lowest BCUT2D eigenvalue weighted by molar-refractivity contribution is -0.137. The van der Waals surface area contributed by atoms with E-state index in [4.69, 9.17) is 16.3 Å². The molecule has 0 atom stereocenters. The molecule has 0 radical (unpaired) electrons. The molecule has 0 N–H and O–H groups in total. The van der Waals surface area contributed by atoms with Crippen LogP contribution in [0.4, 0.5) is 0 Å². The van der Waals surface area contributed by atoms with Gasteiger partial charge in [0, 0.05) is 12.4 Å². The number of rotatable bonds is 5. The zero-order chi connectivity index (χ0) is 10.1. The minimum absolute atomic E-state index is 0.0912. The van der Waals surface area contributed by atoms with E-state index < -0.39 is 5.97 Å². The fourth-order valence-electron chi connectivity index (χ4n) is 0.584. The molecular formula is C8H11ClN2O2. The molecule has 0 bridgehead atoms. The number of esters is 1. The van der Waals surface area contributed by atoms with Gasteiger partial charge in [0.05, 0.1) is 12.2 Å². The number of nitrogens with zero attached hydrogens (tertiary/aromatic N) is 2. The van der Waals surface area contributed by atoms with Crippen molar-refractivity contribution in [1.29, 1.82) is 0 Å². The van der Waals surface area contributed by atoms with Gasteiger partial charge in [0.25, 0.3) is 0 Å². The van der Waals surface area contributed by atoms with Crippen LogP contribution in [0.5, 0.6) is 0 Å². The monoisotopic (exact) mass is 202 g/mol. The number of carbonyl (C=O) groups excluding carboxylic acids is 1. The molecule has 0 aliphatic heterocycles. The van der Waals surface area contributed by atoms with Crippen LogP contribution in [0.1, 0.15) is 6.92 Å². The molecule has 0 saturated heterocycles. The van der Waals surface area contributed by atoms with Gasteiger partial charge in [0.2, 0.25) is 0 Å². The highest BCUT2D eigenvalue weighted by atomic mass is 35.5. The third-order valence-electron chi connectivity index (χ3n) is 1.04. The molecule has 0 heterocycles. The molecule has 0 aromatic rings. The molecule has 0 aromatic carbocycles. The van der Waals surface area contributed by atoms with E-state index in [0.29, 0.717) is 6.61 Å². The van der Waals surface area contributed by atoms with E-state index in [0.717, 1.165) is 0 Å². The van der Waals surface area contributed by atoms with Crippen LogP contribution in [0.15, 0.2) is 21.8 Å². The van der Waals surface area contributed by atoms with Crippen molar-refractivity contribution >= 4 is 30.5 Å². The van der Waals surface area contributed by atoms with Gasteiger partial charge in [0.1, 0.15) is 6.00 Å². The van der Waals surface area contributed by atoms with E-state index in [1.54, 1.807) is 6.92 Å². The Morgan fingerprint density at radius 3 is 2.85 bits per heavy atom. The summed E-state index contributed by atoms with van der Waals surface area (Å²) >= 11 is 5.30. The van der Waals surface area contributed by atoms with Crippen molar-refractivity contribution in [3.63, 3.8) is 0 Å². The Balaban J connectivity index is 4.42. The molecule has 0 fully saturated rings. The lowest BCUT2D eigenvalue weighted by Gasteiger charge is -1.99. The average molecular weight is 203 g/mol. The molecule has 4 nitrogen and oxygen atoms in total. The average Bonchev–Trinajstić information content (AvgIpc) is 2.12. The highest BCUT2D eigenvalue weighted by Crippen LogP contribution is 1.96. The molecule has 0 spiro atoms. The number of hydrogen-bond acceptors (Lipinski definition) is 4. The summed E-state index contributed by atoms with van der Waals surface area (Å²) in [6.07, 6.45) is 2.58. The summed E-state index contributed by atoms with van der Waals surface area (Å²) in [5.74, 6) is -0.483. The molecule has 0 aliphatic rings. The van der Waals surface area contributed by atoms with E-state index in [1.807, 2.05) is 0 Å². The van der Waals surface area contributed by atoms with Crippen molar-refractivity contribution in [1.82, 2.24) is 0 Å². The lowest BCUT2D eigenvalue weighted by Crippen LogP contribution is -2.08. The predicted octanol–water partition coefficient (Wildman–Crippen LogP) is 1.40. The topological polar surface area (TPSA) is 51.0 Å². The number of ether oxygens (including phenoxy) is 1. The van der Waals surface area contributed by atoms with Crippen LogP contribution < -0.4 is 0 Å². The first kappa shape index (κ1) is 11.8. The zero-order valence-corrected chi connectivity index (χ0v) is 8.12. The standard InChI is InChI=1S/C8H11ClN2O2/c1-3-13-8(12)7(4-10-2)5-11-6-9/h4-5H,2-3,6H2,1H3/b7-4+,11-5-. The summed E-state index contributed by atoms with van der Waals surface area (Å²) in [6, 6.07) is 0.0912. The normalized spacial score (nSPS) is 11.7. The summed E-state index contributed by atoms with van der Waals surface area (Å²) in [5.41, 5.74) is 0.234. The molecule has 0 amide bonds. The van der Waals surface area contributed by atoms with Gasteiger partial charge in [-0.25, -0.2) is 4.79 Å². The summed E-state index contributed by atoms with van der Waals surface area (Å²) in [7, 11) is 0. The fourth-order valence-corrected chi connectivity index (χ4v) is 0.653. The summed E-state index contributed by atoms with van der Waals surface area (Å²) in [5, 5.41) is 0. The number of hydrogen-bond donors (Lipinski definition) is 0. The number of carbonyl (C=O) groups is 1. The van der Waals surface area contributed by atoms with Gasteiger partial charge in [-0.15, -0.1) is 11.6 Å². The van der Waals surface area contributed by atoms with Gasteiger partial charge < -0.3 is 4.74 Å². The molecule has 0 saturated carbocycles. The number of halogens is 1. The second-order valence-electron chi connectivity index (χ2n) is 1.92. The van der Waals surface area contributed by atoms with Crippen molar-refractivity contribution in [2.24, 2.45) is 9.98 Å². The Morgan fingerprint density at radius 2 is 2.38 bits per heavy atom. The Labute approximate surface area is 82.0 Å². The Kier molecular flexibility index (Phi) is 6.82. The number of alkyl halides is 1. The minimum Gasteiger partial charge on any atom is -0.462 e. The molecule has 0 unspecified atom stereocenters. The van der Waals surface area contributed by atoms with Gasteiger partial charge >= 0.3 is 5.97 Å². The molecule has 0 aromatic heterocycles. The van der Waals surface area contributed by atoms with Crippen LogP contribution >= 0.6 is 11.6 Å². The van der Waals surface area contributed by atoms with Crippen molar-refractivity contribution in [3.8, 4) is 0 Å². The highest BCUT2D eigenvalue weighted by Gasteiger charge is 2.06. The third kappa shape index (κ3) is 5.14. The van der Waals surface area contributed by atoms with E-state index in [2.05, 4.69) is 16.7 Å². The lowest BCUT2D eigenvalue weighted by atomic mass is 10.3. The zero-order valence-electron chi connectivity index (χ0n) is 7.36. The van der Waals surface area contributed by atoms with E-state index in [9.17, 15) is 4.79 Å². The first-order chi connectivity index (χ1) is 6.26. The second-order valence-corrected chi connectivity index (χ2v) is 2.16. The SMILES string of the molecule is C=N/C=C(\C=N/CCl)C(=O)OCC. The van der Waals surface area contributed by atoms with Crippen LogP contribution in [-0.4, -0.2) is 31.5 Å². The first-order valence-corrected chi connectivity index (χ1v) is 4.18. The third-order valence-corrected chi connectivity index (χ3v) is 1.18. The van der Waals surface area contributed by atoms with Gasteiger partial charge in [-0.2, -0.15) is 0 Å². The molecule has 13 heavy (non-hydrogen) atoms. The van der Waals surface area contributed by atoms with Gasteiger partial charge in [-0.3, -0.25) is 9.98 Å². The Bertz CT molecular complexity index is 236. The van der Waals surface area contributed by atoms with Gasteiger partial charge in [0.15, 0.2) is 0 Å². The Morgan fingerprint density at radius 1 is 1.69 bits per heavy atom. The van der Waals surface area contributed by atoms with Crippen LogP contribution in [-0.2, 0) is 9.53 Å². The number of aliphatic imine (C=N–C) groups is 2. The molecule has 72 valence electrons. The molecular weight excluding hydrogens is 192 g/mol. The largest absolute Gasteiger partial charge is 0.462 e. The molecule has 0 aliphatic carbocycles. The maximum absolute atomic E-state index is 11.1. The second kappa shape index (κ2) is 7.49. The van der Waals surface area contributed by atoms with Crippen molar-refractivity contribution in [3.05, 3.63) is 11.8 Å². The first-order valence-electron chi connectivity index (χ1n) is 3.65.